The van der Waals surface area contributed by atoms with E-state index in [-0.39, 0.29) is 0 Å². The van der Waals surface area contributed by atoms with Gasteiger partial charge in [0.15, 0.2) is 11.5 Å². The monoisotopic (exact) mass is 365 g/mol. The van der Waals surface area contributed by atoms with E-state index in [1.165, 1.54) is 19.3 Å². The lowest BCUT2D eigenvalue weighted by Crippen LogP contribution is -2.08. The SMILES string of the molecule is CCCCCCOc1ccccc1OCCc1nc(N)c2ccccc2n1. The maximum absolute atomic E-state index is 6.04. The Morgan fingerprint density at radius 3 is 2.30 bits per heavy atom. The highest BCUT2D eigenvalue weighted by Gasteiger charge is 2.07. The predicted molar refractivity (Wildman–Crippen MR) is 109 cm³/mol. The fraction of sp³-hybridized carbons (Fsp3) is 0.364. The van der Waals surface area contributed by atoms with Crippen LogP contribution in [-0.4, -0.2) is 23.2 Å². The lowest BCUT2D eigenvalue weighted by atomic mass is 10.2. The molecule has 142 valence electrons. The van der Waals surface area contributed by atoms with Gasteiger partial charge in [0.05, 0.1) is 18.7 Å². The van der Waals surface area contributed by atoms with Gasteiger partial charge in [-0.2, -0.15) is 0 Å². The van der Waals surface area contributed by atoms with E-state index in [1.807, 2.05) is 48.5 Å². The number of aromatic nitrogens is 2. The van der Waals surface area contributed by atoms with Crippen molar-refractivity contribution in [1.82, 2.24) is 9.97 Å². The lowest BCUT2D eigenvalue weighted by Gasteiger charge is -2.12. The number of fused-ring (bicyclic) bond motifs is 1. The average molecular weight is 365 g/mol. The van der Waals surface area contributed by atoms with Gasteiger partial charge in [0, 0.05) is 11.8 Å². The molecule has 5 nitrogen and oxygen atoms in total. The summed E-state index contributed by atoms with van der Waals surface area (Å²) in [7, 11) is 0. The molecular formula is C22H27N3O2. The molecule has 27 heavy (non-hydrogen) atoms. The van der Waals surface area contributed by atoms with E-state index in [0.29, 0.717) is 31.3 Å². The van der Waals surface area contributed by atoms with E-state index in [0.717, 1.165) is 28.8 Å². The third-order valence-corrected chi connectivity index (χ3v) is 4.37. The van der Waals surface area contributed by atoms with Crippen LogP contribution in [0, 0.1) is 0 Å². The van der Waals surface area contributed by atoms with Crippen LogP contribution in [-0.2, 0) is 6.42 Å². The van der Waals surface area contributed by atoms with E-state index in [1.54, 1.807) is 0 Å². The number of ether oxygens (including phenoxy) is 2. The van der Waals surface area contributed by atoms with Crippen molar-refractivity contribution in [2.45, 2.75) is 39.0 Å². The van der Waals surface area contributed by atoms with E-state index in [4.69, 9.17) is 15.2 Å². The molecule has 0 aliphatic carbocycles. The first-order chi connectivity index (χ1) is 13.3. The summed E-state index contributed by atoms with van der Waals surface area (Å²) in [4.78, 5) is 8.95. The molecule has 0 spiro atoms. The second-order valence-electron chi connectivity index (χ2n) is 6.50. The molecule has 0 fully saturated rings. The highest BCUT2D eigenvalue weighted by atomic mass is 16.5. The van der Waals surface area contributed by atoms with Gasteiger partial charge >= 0.3 is 0 Å². The number of nitrogens with zero attached hydrogens (tertiary/aromatic N) is 2. The predicted octanol–water partition coefficient (Wildman–Crippen LogP) is 4.79. The second-order valence-corrected chi connectivity index (χ2v) is 6.50. The molecule has 0 aliphatic heterocycles. The van der Waals surface area contributed by atoms with Crippen LogP contribution in [0.5, 0.6) is 11.5 Å². The fourth-order valence-electron chi connectivity index (χ4n) is 2.91. The molecule has 0 unspecified atom stereocenters. The molecule has 0 atom stereocenters. The van der Waals surface area contributed by atoms with Crippen LogP contribution in [0.4, 0.5) is 5.82 Å². The van der Waals surface area contributed by atoms with Gasteiger partial charge < -0.3 is 15.2 Å². The third kappa shape index (κ3) is 5.33. The first-order valence-electron chi connectivity index (χ1n) is 9.63. The quantitative estimate of drug-likeness (QED) is 0.523. The van der Waals surface area contributed by atoms with Gasteiger partial charge in [-0.05, 0) is 30.7 Å². The van der Waals surface area contributed by atoms with Crippen LogP contribution in [0.3, 0.4) is 0 Å². The van der Waals surface area contributed by atoms with E-state index in [9.17, 15) is 0 Å². The smallest absolute Gasteiger partial charge is 0.161 e. The topological polar surface area (TPSA) is 70.3 Å². The Morgan fingerprint density at radius 2 is 1.52 bits per heavy atom. The van der Waals surface area contributed by atoms with Gasteiger partial charge in [-0.15, -0.1) is 0 Å². The van der Waals surface area contributed by atoms with Crippen molar-refractivity contribution in [3.05, 3.63) is 54.4 Å². The zero-order valence-corrected chi connectivity index (χ0v) is 15.9. The van der Waals surface area contributed by atoms with Crippen molar-refractivity contribution in [3.8, 4) is 11.5 Å². The minimum absolute atomic E-state index is 0.466. The van der Waals surface area contributed by atoms with Crippen LogP contribution in [0.1, 0.15) is 38.4 Å². The first kappa shape index (κ1) is 19.0. The Kier molecular flexibility index (Phi) is 6.85. The van der Waals surface area contributed by atoms with Crippen LogP contribution < -0.4 is 15.2 Å². The summed E-state index contributed by atoms with van der Waals surface area (Å²) in [6.45, 7) is 3.38. The number of nitrogens with two attached hydrogens (primary N) is 1. The fourth-order valence-corrected chi connectivity index (χ4v) is 2.91. The molecule has 2 aromatic carbocycles. The van der Waals surface area contributed by atoms with Crippen molar-refractivity contribution in [2.24, 2.45) is 0 Å². The Morgan fingerprint density at radius 1 is 0.815 bits per heavy atom. The molecule has 2 N–H and O–H groups in total. The van der Waals surface area contributed by atoms with Gasteiger partial charge in [-0.25, -0.2) is 9.97 Å². The molecule has 1 aromatic heterocycles. The Hall–Kier alpha value is -2.82. The maximum atomic E-state index is 6.04. The molecular weight excluding hydrogens is 338 g/mol. The summed E-state index contributed by atoms with van der Waals surface area (Å²) >= 11 is 0. The summed E-state index contributed by atoms with van der Waals surface area (Å²) < 4.78 is 11.8. The molecule has 3 rings (SSSR count). The molecule has 0 saturated heterocycles. The van der Waals surface area contributed by atoms with Crippen molar-refractivity contribution >= 4 is 16.7 Å². The van der Waals surface area contributed by atoms with E-state index in [2.05, 4.69) is 16.9 Å². The average Bonchev–Trinajstić information content (AvgIpc) is 2.69. The molecule has 0 bridgehead atoms. The summed E-state index contributed by atoms with van der Waals surface area (Å²) in [5.41, 5.74) is 6.90. The second kappa shape index (κ2) is 9.76. The molecule has 0 radical (unpaired) electrons. The zero-order chi connectivity index (χ0) is 18.9. The van der Waals surface area contributed by atoms with Gasteiger partial charge in [-0.1, -0.05) is 50.5 Å². The molecule has 1 heterocycles. The summed E-state index contributed by atoms with van der Waals surface area (Å²) in [5, 5.41) is 0.879. The van der Waals surface area contributed by atoms with Crippen LogP contribution in [0.25, 0.3) is 10.9 Å². The number of unbranched alkanes of at least 4 members (excludes halogenated alkanes) is 3. The van der Waals surface area contributed by atoms with Crippen molar-refractivity contribution in [3.63, 3.8) is 0 Å². The van der Waals surface area contributed by atoms with Gasteiger partial charge in [0.2, 0.25) is 0 Å². The molecule has 0 aliphatic rings. The number of hydrogen-bond acceptors (Lipinski definition) is 5. The third-order valence-electron chi connectivity index (χ3n) is 4.37. The van der Waals surface area contributed by atoms with Crippen LogP contribution in [0.15, 0.2) is 48.5 Å². The van der Waals surface area contributed by atoms with Crippen molar-refractivity contribution < 1.29 is 9.47 Å². The molecule has 0 saturated carbocycles. The summed E-state index contributed by atoms with van der Waals surface area (Å²) in [6.07, 6.45) is 5.31. The Balaban J connectivity index is 1.56. The van der Waals surface area contributed by atoms with Gasteiger partial charge in [0.1, 0.15) is 11.6 Å². The number of hydrogen-bond donors (Lipinski definition) is 1. The zero-order valence-electron chi connectivity index (χ0n) is 15.9. The Labute approximate surface area is 160 Å². The van der Waals surface area contributed by atoms with E-state index < -0.39 is 0 Å². The maximum Gasteiger partial charge on any atom is 0.161 e. The minimum Gasteiger partial charge on any atom is -0.490 e. The number of benzene rings is 2. The van der Waals surface area contributed by atoms with Gasteiger partial charge in [-0.3, -0.25) is 0 Å². The molecule has 5 heteroatoms. The van der Waals surface area contributed by atoms with Crippen LogP contribution >= 0.6 is 0 Å². The van der Waals surface area contributed by atoms with Gasteiger partial charge in [0.25, 0.3) is 0 Å². The number of para-hydroxylation sites is 3. The normalized spacial score (nSPS) is 10.9. The minimum atomic E-state index is 0.466. The lowest BCUT2D eigenvalue weighted by molar-refractivity contribution is 0.264. The standard InChI is InChI=1S/C22H27N3O2/c1-2-3-4-9-15-26-19-12-7-8-13-20(19)27-16-14-21-24-18-11-6-5-10-17(18)22(23)25-21/h5-8,10-13H,2-4,9,14-16H2,1H3,(H2,23,24,25). The van der Waals surface area contributed by atoms with Crippen molar-refractivity contribution in [2.75, 3.05) is 18.9 Å². The summed E-state index contributed by atoms with van der Waals surface area (Å²) in [6, 6.07) is 15.5. The highest BCUT2D eigenvalue weighted by molar-refractivity contribution is 5.87. The number of anilines is 1. The molecule has 0 amide bonds. The Bertz CT molecular complexity index is 867. The van der Waals surface area contributed by atoms with Crippen LogP contribution in [0.2, 0.25) is 0 Å². The first-order valence-corrected chi connectivity index (χ1v) is 9.63. The summed E-state index contributed by atoms with van der Waals surface area (Å²) in [5.74, 6) is 2.73. The van der Waals surface area contributed by atoms with Crippen molar-refractivity contribution in [1.29, 1.82) is 0 Å². The van der Waals surface area contributed by atoms with E-state index >= 15 is 0 Å². The highest BCUT2D eigenvalue weighted by Crippen LogP contribution is 2.27. The number of nitrogen functional groups attached to an aromatic ring is 1. The largest absolute Gasteiger partial charge is 0.490 e. The molecule has 3 aromatic rings. The number of rotatable bonds is 10.